The number of amides is 1. The summed E-state index contributed by atoms with van der Waals surface area (Å²) in [7, 11) is -3.81. The summed E-state index contributed by atoms with van der Waals surface area (Å²) < 4.78 is 27.7. The Bertz CT molecular complexity index is 892. The van der Waals surface area contributed by atoms with Crippen molar-refractivity contribution in [1.82, 2.24) is 5.32 Å². The monoisotopic (exact) mass is 364 g/mol. The third-order valence-corrected chi connectivity index (χ3v) is 5.60. The van der Waals surface area contributed by atoms with Crippen LogP contribution in [0.25, 0.3) is 0 Å². The predicted octanol–water partition coefficient (Wildman–Crippen LogP) is 3.34. The molecule has 2 N–H and O–H groups in total. The lowest BCUT2D eigenvalue weighted by atomic mass is 10.2. The number of benzene rings is 2. The standard InChI is InChI=1S/C17H17ClN2O3S/c1-11-15(18)6-3-7-16(11)20-24(22,23)14-5-2-4-12(10-14)17(21)19-13-8-9-13/h2-7,10,13,20H,8-9H2,1H3,(H,19,21). The van der Waals surface area contributed by atoms with Crippen molar-refractivity contribution in [3.05, 3.63) is 58.6 Å². The summed E-state index contributed by atoms with van der Waals surface area (Å²) in [4.78, 5) is 12.1. The fourth-order valence-corrected chi connectivity index (χ4v) is 3.57. The van der Waals surface area contributed by atoms with Gasteiger partial charge in [-0.3, -0.25) is 9.52 Å². The smallest absolute Gasteiger partial charge is 0.261 e. The zero-order valence-corrected chi connectivity index (χ0v) is 14.6. The lowest BCUT2D eigenvalue weighted by Gasteiger charge is -2.12. The molecule has 126 valence electrons. The van der Waals surface area contributed by atoms with Crippen LogP contribution < -0.4 is 10.0 Å². The molecule has 2 aromatic carbocycles. The molecule has 24 heavy (non-hydrogen) atoms. The Kier molecular flexibility index (Phi) is 4.51. The van der Waals surface area contributed by atoms with Crippen LogP contribution in [0, 0.1) is 6.92 Å². The first kappa shape index (κ1) is 16.8. The van der Waals surface area contributed by atoms with Crippen molar-refractivity contribution in [3.63, 3.8) is 0 Å². The zero-order chi connectivity index (χ0) is 17.3. The Morgan fingerprint density at radius 2 is 1.88 bits per heavy atom. The third kappa shape index (κ3) is 3.71. The van der Waals surface area contributed by atoms with Gasteiger partial charge in [-0.1, -0.05) is 23.7 Å². The van der Waals surface area contributed by atoms with E-state index in [1.807, 2.05) is 0 Å². The van der Waals surface area contributed by atoms with Gasteiger partial charge in [-0.05, 0) is 55.7 Å². The van der Waals surface area contributed by atoms with E-state index < -0.39 is 10.0 Å². The van der Waals surface area contributed by atoms with E-state index in [9.17, 15) is 13.2 Å². The fourth-order valence-electron chi connectivity index (χ4n) is 2.22. The van der Waals surface area contributed by atoms with Crippen molar-refractivity contribution < 1.29 is 13.2 Å². The number of carbonyl (C=O) groups is 1. The van der Waals surface area contributed by atoms with E-state index in [4.69, 9.17) is 11.6 Å². The van der Waals surface area contributed by atoms with Gasteiger partial charge in [0.15, 0.2) is 0 Å². The van der Waals surface area contributed by atoms with Crippen molar-refractivity contribution in [3.8, 4) is 0 Å². The van der Waals surface area contributed by atoms with E-state index in [0.717, 1.165) is 12.8 Å². The Hall–Kier alpha value is -2.05. The highest BCUT2D eigenvalue weighted by Gasteiger charge is 2.24. The Labute approximate surface area is 146 Å². The van der Waals surface area contributed by atoms with Crippen LogP contribution in [0.2, 0.25) is 5.02 Å². The molecular formula is C17H17ClN2O3S. The average Bonchev–Trinajstić information content (AvgIpc) is 3.36. The van der Waals surface area contributed by atoms with Gasteiger partial charge in [0.1, 0.15) is 0 Å². The molecule has 1 amide bonds. The lowest BCUT2D eigenvalue weighted by Crippen LogP contribution is -2.25. The number of hydrogen-bond donors (Lipinski definition) is 2. The molecule has 0 spiro atoms. The number of nitrogens with one attached hydrogen (secondary N) is 2. The molecule has 0 heterocycles. The number of anilines is 1. The summed E-state index contributed by atoms with van der Waals surface area (Å²) in [6.45, 7) is 1.74. The summed E-state index contributed by atoms with van der Waals surface area (Å²) >= 11 is 6.02. The normalized spacial score (nSPS) is 14.2. The SMILES string of the molecule is Cc1c(Cl)cccc1NS(=O)(=O)c1cccc(C(=O)NC2CC2)c1. The molecule has 1 aliphatic carbocycles. The van der Waals surface area contributed by atoms with Crippen LogP contribution in [0.15, 0.2) is 47.4 Å². The number of sulfonamides is 1. The van der Waals surface area contributed by atoms with E-state index >= 15 is 0 Å². The molecule has 0 radical (unpaired) electrons. The van der Waals surface area contributed by atoms with Crippen LogP contribution in [0.3, 0.4) is 0 Å². The van der Waals surface area contributed by atoms with E-state index in [2.05, 4.69) is 10.0 Å². The lowest BCUT2D eigenvalue weighted by molar-refractivity contribution is 0.0951. The molecule has 3 rings (SSSR count). The van der Waals surface area contributed by atoms with Crippen LogP contribution in [0.1, 0.15) is 28.8 Å². The molecule has 1 aliphatic rings. The predicted molar refractivity (Wildman–Crippen MR) is 93.9 cm³/mol. The molecule has 1 fully saturated rings. The van der Waals surface area contributed by atoms with Gasteiger partial charge in [-0.25, -0.2) is 8.42 Å². The highest BCUT2D eigenvalue weighted by Crippen LogP contribution is 2.26. The van der Waals surface area contributed by atoms with Gasteiger partial charge in [0.05, 0.1) is 10.6 Å². The minimum absolute atomic E-state index is 0.0327. The highest BCUT2D eigenvalue weighted by molar-refractivity contribution is 7.92. The van der Waals surface area contributed by atoms with Gasteiger partial charge in [0, 0.05) is 16.6 Å². The summed E-state index contributed by atoms with van der Waals surface area (Å²) in [6, 6.07) is 11.2. The zero-order valence-electron chi connectivity index (χ0n) is 13.0. The second-order valence-corrected chi connectivity index (χ2v) is 7.88. The molecule has 0 saturated heterocycles. The molecule has 5 nitrogen and oxygen atoms in total. The Morgan fingerprint density at radius 3 is 2.58 bits per heavy atom. The van der Waals surface area contributed by atoms with Crippen molar-refractivity contribution >= 4 is 33.2 Å². The molecular weight excluding hydrogens is 348 g/mol. The van der Waals surface area contributed by atoms with Crippen molar-refractivity contribution in [2.24, 2.45) is 0 Å². The molecule has 7 heteroatoms. The van der Waals surface area contributed by atoms with Gasteiger partial charge in [0.2, 0.25) is 0 Å². The van der Waals surface area contributed by atoms with Crippen LogP contribution in [-0.2, 0) is 10.0 Å². The van der Waals surface area contributed by atoms with E-state index in [0.29, 0.717) is 21.8 Å². The topological polar surface area (TPSA) is 75.3 Å². The molecule has 2 aromatic rings. The first-order valence-corrected chi connectivity index (χ1v) is 9.42. The first-order chi connectivity index (χ1) is 11.4. The number of carbonyl (C=O) groups excluding carboxylic acids is 1. The average molecular weight is 365 g/mol. The summed E-state index contributed by atoms with van der Waals surface area (Å²) in [5.74, 6) is -0.256. The van der Waals surface area contributed by atoms with Crippen molar-refractivity contribution in [1.29, 1.82) is 0 Å². The first-order valence-electron chi connectivity index (χ1n) is 7.56. The summed E-state index contributed by atoms with van der Waals surface area (Å²) in [5.41, 5.74) is 1.38. The van der Waals surface area contributed by atoms with Crippen LogP contribution in [0.4, 0.5) is 5.69 Å². The Morgan fingerprint density at radius 1 is 1.17 bits per heavy atom. The Balaban J connectivity index is 1.86. The minimum Gasteiger partial charge on any atom is -0.349 e. The number of halogens is 1. The fraction of sp³-hybridized carbons (Fsp3) is 0.235. The summed E-state index contributed by atoms with van der Waals surface area (Å²) in [6.07, 6.45) is 1.94. The second kappa shape index (κ2) is 6.45. The van der Waals surface area contributed by atoms with Crippen LogP contribution in [0.5, 0.6) is 0 Å². The highest BCUT2D eigenvalue weighted by atomic mass is 35.5. The summed E-state index contributed by atoms with van der Waals surface area (Å²) in [5, 5.41) is 3.32. The van der Waals surface area contributed by atoms with E-state index in [1.165, 1.54) is 12.1 Å². The van der Waals surface area contributed by atoms with Crippen LogP contribution >= 0.6 is 11.6 Å². The molecule has 0 bridgehead atoms. The number of rotatable bonds is 5. The van der Waals surface area contributed by atoms with Crippen molar-refractivity contribution in [2.45, 2.75) is 30.7 Å². The maximum Gasteiger partial charge on any atom is 0.261 e. The molecule has 0 aliphatic heterocycles. The van der Waals surface area contributed by atoms with Gasteiger partial charge in [-0.2, -0.15) is 0 Å². The maximum absolute atomic E-state index is 12.6. The van der Waals surface area contributed by atoms with Crippen molar-refractivity contribution in [2.75, 3.05) is 4.72 Å². The molecule has 0 unspecified atom stereocenters. The molecule has 0 aromatic heterocycles. The van der Waals surface area contributed by atoms with Gasteiger partial charge >= 0.3 is 0 Å². The third-order valence-electron chi connectivity index (χ3n) is 3.83. The minimum atomic E-state index is -3.81. The molecule has 1 saturated carbocycles. The van der Waals surface area contributed by atoms with Gasteiger partial charge in [0.25, 0.3) is 15.9 Å². The molecule has 0 atom stereocenters. The second-order valence-electron chi connectivity index (χ2n) is 5.79. The largest absolute Gasteiger partial charge is 0.349 e. The van der Waals surface area contributed by atoms with Gasteiger partial charge in [-0.15, -0.1) is 0 Å². The van der Waals surface area contributed by atoms with Gasteiger partial charge < -0.3 is 5.32 Å². The van der Waals surface area contributed by atoms with E-state index in [-0.39, 0.29) is 16.8 Å². The van der Waals surface area contributed by atoms with E-state index in [1.54, 1.807) is 37.3 Å². The van der Waals surface area contributed by atoms with Crippen LogP contribution in [-0.4, -0.2) is 20.4 Å². The number of hydrogen-bond acceptors (Lipinski definition) is 3. The maximum atomic E-state index is 12.6. The quantitative estimate of drug-likeness (QED) is 0.854.